The highest BCUT2D eigenvalue weighted by Crippen LogP contribution is 2.04. The van der Waals surface area contributed by atoms with E-state index in [0.717, 1.165) is 5.57 Å². The molecule has 0 saturated carbocycles. The Hall–Kier alpha value is -0.430. The van der Waals surface area contributed by atoms with Crippen LogP contribution in [-0.4, -0.2) is 27.1 Å². The molecule has 15 heavy (non-hydrogen) atoms. The Balaban J connectivity index is 0. The van der Waals surface area contributed by atoms with E-state index in [1.54, 1.807) is 20.8 Å². The first kappa shape index (κ1) is 17.0. The highest BCUT2D eigenvalue weighted by atomic mass is 32.2. The van der Waals surface area contributed by atoms with Crippen molar-refractivity contribution in [1.29, 1.82) is 0 Å². The molecule has 6 heteroatoms. The van der Waals surface area contributed by atoms with Gasteiger partial charge in [-0.15, -0.1) is 0 Å². The third kappa shape index (κ3) is 9.86. The predicted molar refractivity (Wildman–Crippen MR) is 60.4 cm³/mol. The van der Waals surface area contributed by atoms with Crippen LogP contribution in [0.15, 0.2) is 12.2 Å². The molecular weight excluding hydrogens is 218 g/mol. The minimum absolute atomic E-state index is 0. The zero-order chi connectivity index (χ0) is 11.2. The Labute approximate surface area is 92.2 Å². The lowest BCUT2D eigenvalue weighted by Gasteiger charge is -2.13. The van der Waals surface area contributed by atoms with Crippen LogP contribution < -0.4 is 6.15 Å². The van der Waals surface area contributed by atoms with Gasteiger partial charge in [-0.25, -0.2) is 4.18 Å². The van der Waals surface area contributed by atoms with Crippen LogP contribution >= 0.6 is 0 Å². The molecule has 0 rings (SSSR count). The number of hydrogen-bond acceptors (Lipinski definition) is 5. The summed E-state index contributed by atoms with van der Waals surface area (Å²) in [6, 6.07) is 0. The molecule has 92 valence electrons. The van der Waals surface area contributed by atoms with Crippen LogP contribution in [0.25, 0.3) is 0 Å². The van der Waals surface area contributed by atoms with Crippen molar-refractivity contribution in [2.24, 2.45) is 0 Å². The molecule has 0 aromatic heterocycles. The number of hydrogen-bond donors (Lipinski definition) is 1. The summed E-state index contributed by atoms with van der Waals surface area (Å²) in [5.74, 6) is 0.0216. The van der Waals surface area contributed by atoms with Crippen molar-refractivity contribution in [1.82, 2.24) is 6.15 Å². The molecular formula is C9H21NO4S. The summed E-state index contributed by atoms with van der Waals surface area (Å²) >= 11 is 0. The first-order valence-corrected chi connectivity index (χ1v) is 6.12. The minimum atomic E-state index is -3.43. The van der Waals surface area contributed by atoms with Gasteiger partial charge in [0, 0.05) is 0 Å². The molecule has 0 amide bonds. The highest BCUT2D eigenvalue weighted by Gasteiger charge is 2.14. The largest absolute Gasteiger partial charge is 0.347 e. The molecule has 3 N–H and O–H groups in total. The van der Waals surface area contributed by atoms with Gasteiger partial charge >= 0.3 is 0 Å². The summed E-state index contributed by atoms with van der Waals surface area (Å²) in [6.07, 6.45) is -0.210. The molecule has 0 fully saturated rings. The van der Waals surface area contributed by atoms with Crippen molar-refractivity contribution < 1.29 is 17.3 Å². The highest BCUT2D eigenvalue weighted by molar-refractivity contribution is 7.86. The topological polar surface area (TPSA) is 87.6 Å². The van der Waals surface area contributed by atoms with Gasteiger partial charge in [-0.1, -0.05) is 19.1 Å². The molecule has 0 aliphatic rings. The van der Waals surface area contributed by atoms with Crippen LogP contribution in [0.1, 0.15) is 27.2 Å². The Morgan fingerprint density at radius 3 is 2.40 bits per heavy atom. The van der Waals surface area contributed by atoms with Gasteiger partial charge in [-0.2, -0.15) is 8.42 Å². The molecule has 5 nitrogen and oxygen atoms in total. The van der Waals surface area contributed by atoms with E-state index < -0.39 is 16.4 Å². The number of rotatable bonds is 7. The standard InChI is InChI=1S/C9H18O4S.H3N/c1-5-6-14(10,11)13-9(4)12-7-8(2)3;/h9H,2,5-7H2,1,3-4H3;1H3. The summed E-state index contributed by atoms with van der Waals surface area (Å²) in [6.45, 7) is 9.07. The maximum atomic E-state index is 11.2. The first-order valence-electron chi connectivity index (χ1n) is 4.54. The normalized spacial score (nSPS) is 13.0. The van der Waals surface area contributed by atoms with E-state index in [4.69, 9.17) is 8.92 Å². The smallest absolute Gasteiger partial charge is 0.269 e. The van der Waals surface area contributed by atoms with E-state index in [0.29, 0.717) is 13.0 Å². The number of ether oxygens (including phenoxy) is 1. The summed E-state index contributed by atoms with van der Waals surface area (Å²) in [5, 5.41) is 0. The molecule has 0 saturated heterocycles. The third-order valence-corrected chi connectivity index (χ3v) is 2.77. The second-order valence-corrected chi connectivity index (χ2v) is 4.91. The Morgan fingerprint density at radius 2 is 2.00 bits per heavy atom. The van der Waals surface area contributed by atoms with Crippen molar-refractivity contribution in [3.05, 3.63) is 12.2 Å². The van der Waals surface area contributed by atoms with Gasteiger partial charge in [0.2, 0.25) is 0 Å². The van der Waals surface area contributed by atoms with E-state index in [9.17, 15) is 8.42 Å². The van der Waals surface area contributed by atoms with Gasteiger partial charge in [0.1, 0.15) is 0 Å². The fourth-order valence-electron chi connectivity index (χ4n) is 0.792. The maximum Gasteiger partial charge on any atom is 0.269 e. The monoisotopic (exact) mass is 239 g/mol. The molecule has 0 spiro atoms. The lowest BCUT2D eigenvalue weighted by molar-refractivity contribution is -0.0530. The Morgan fingerprint density at radius 1 is 1.47 bits per heavy atom. The van der Waals surface area contributed by atoms with Crippen LogP contribution in [0.2, 0.25) is 0 Å². The Bertz CT molecular complexity index is 274. The molecule has 1 atom stereocenters. The van der Waals surface area contributed by atoms with Crippen molar-refractivity contribution in [2.45, 2.75) is 33.5 Å². The van der Waals surface area contributed by atoms with Crippen LogP contribution in [0, 0.1) is 0 Å². The van der Waals surface area contributed by atoms with Crippen LogP contribution in [0.4, 0.5) is 0 Å². The summed E-state index contributed by atoms with van der Waals surface area (Å²) in [7, 11) is -3.43. The zero-order valence-corrected chi connectivity index (χ0v) is 10.5. The third-order valence-electron chi connectivity index (χ3n) is 1.30. The quantitative estimate of drug-likeness (QED) is 0.416. The minimum Gasteiger partial charge on any atom is -0.347 e. The van der Waals surface area contributed by atoms with E-state index >= 15 is 0 Å². The lowest BCUT2D eigenvalue weighted by atomic mass is 10.4. The van der Waals surface area contributed by atoms with E-state index in [-0.39, 0.29) is 11.9 Å². The SMILES string of the molecule is C=C(C)COC(C)OS(=O)(=O)CCC.N. The zero-order valence-electron chi connectivity index (χ0n) is 9.65. The lowest BCUT2D eigenvalue weighted by Crippen LogP contribution is -2.21. The van der Waals surface area contributed by atoms with Gasteiger partial charge in [0.25, 0.3) is 10.1 Å². The van der Waals surface area contributed by atoms with E-state index in [1.165, 1.54) is 0 Å². The fourth-order valence-corrected chi connectivity index (χ4v) is 1.86. The average molecular weight is 239 g/mol. The van der Waals surface area contributed by atoms with Crippen LogP contribution in [0.5, 0.6) is 0 Å². The first-order chi connectivity index (χ1) is 6.37. The van der Waals surface area contributed by atoms with Crippen LogP contribution in [0.3, 0.4) is 0 Å². The van der Waals surface area contributed by atoms with E-state index in [1.807, 2.05) is 0 Å². The second kappa shape index (κ2) is 7.81. The Kier molecular flexibility index (Phi) is 8.84. The van der Waals surface area contributed by atoms with Gasteiger partial charge in [-0.3, -0.25) is 0 Å². The molecule has 0 aliphatic heterocycles. The molecule has 0 radical (unpaired) electrons. The molecule has 0 aromatic rings. The summed E-state index contributed by atoms with van der Waals surface area (Å²) < 4.78 is 32.1. The molecule has 0 aromatic carbocycles. The van der Waals surface area contributed by atoms with Crippen molar-refractivity contribution >= 4 is 10.1 Å². The molecule has 1 unspecified atom stereocenters. The maximum absolute atomic E-state index is 11.2. The van der Waals surface area contributed by atoms with Gasteiger partial charge in [0.15, 0.2) is 6.29 Å². The molecule has 0 aliphatic carbocycles. The average Bonchev–Trinajstić information content (AvgIpc) is 1.99. The van der Waals surface area contributed by atoms with Crippen molar-refractivity contribution in [3.63, 3.8) is 0 Å². The van der Waals surface area contributed by atoms with Gasteiger partial charge in [-0.05, 0) is 20.3 Å². The van der Waals surface area contributed by atoms with Gasteiger partial charge < -0.3 is 10.9 Å². The molecule has 0 bridgehead atoms. The van der Waals surface area contributed by atoms with Crippen molar-refractivity contribution in [2.75, 3.05) is 12.4 Å². The summed E-state index contributed by atoms with van der Waals surface area (Å²) in [5.41, 5.74) is 0.827. The van der Waals surface area contributed by atoms with Crippen LogP contribution in [-0.2, 0) is 19.0 Å². The summed E-state index contributed by atoms with van der Waals surface area (Å²) in [4.78, 5) is 0. The van der Waals surface area contributed by atoms with Crippen molar-refractivity contribution in [3.8, 4) is 0 Å². The van der Waals surface area contributed by atoms with Gasteiger partial charge in [0.05, 0.1) is 12.4 Å². The molecule has 0 heterocycles. The predicted octanol–water partition coefficient (Wildman–Crippen LogP) is 1.84. The second-order valence-electron chi connectivity index (χ2n) is 3.19. The van der Waals surface area contributed by atoms with E-state index in [2.05, 4.69) is 6.58 Å². The fraction of sp³-hybridized carbons (Fsp3) is 0.778.